The lowest BCUT2D eigenvalue weighted by Crippen LogP contribution is -2.30. The van der Waals surface area contributed by atoms with E-state index in [9.17, 15) is 4.21 Å². The molecule has 3 unspecified atom stereocenters. The molecule has 1 fully saturated rings. The molecule has 1 rings (SSSR count). The summed E-state index contributed by atoms with van der Waals surface area (Å²) in [6.45, 7) is 6.10. The van der Waals surface area contributed by atoms with Gasteiger partial charge in [-0.3, -0.25) is 4.21 Å². The minimum atomic E-state index is -0.713. The van der Waals surface area contributed by atoms with E-state index in [4.69, 9.17) is 5.73 Å². The highest BCUT2D eigenvalue weighted by atomic mass is 32.2. The van der Waals surface area contributed by atoms with Crippen molar-refractivity contribution in [3.8, 4) is 0 Å². The molecule has 1 aliphatic rings. The Morgan fingerprint density at radius 2 is 1.92 bits per heavy atom. The van der Waals surface area contributed by atoms with Crippen molar-refractivity contribution in [1.29, 1.82) is 0 Å². The minimum absolute atomic E-state index is 0.0747. The zero-order valence-electron chi connectivity index (χ0n) is 8.17. The van der Waals surface area contributed by atoms with Crippen LogP contribution in [0.5, 0.6) is 0 Å². The summed E-state index contributed by atoms with van der Waals surface area (Å²) in [7, 11) is -0.713. The van der Waals surface area contributed by atoms with E-state index in [-0.39, 0.29) is 4.75 Å². The van der Waals surface area contributed by atoms with Gasteiger partial charge in [0.05, 0.1) is 0 Å². The van der Waals surface area contributed by atoms with Crippen molar-refractivity contribution in [2.24, 2.45) is 5.73 Å². The summed E-state index contributed by atoms with van der Waals surface area (Å²) in [4.78, 5) is 0. The second-order valence-electron chi connectivity index (χ2n) is 4.60. The lowest BCUT2D eigenvalue weighted by molar-refractivity contribution is 0.629. The van der Waals surface area contributed by atoms with Gasteiger partial charge in [-0.25, -0.2) is 0 Å². The van der Waals surface area contributed by atoms with Gasteiger partial charge in [-0.15, -0.1) is 0 Å². The highest BCUT2D eigenvalue weighted by Gasteiger charge is 2.32. The summed E-state index contributed by atoms with van der Waals surface area (Å²) in [5.41, 5.74) is 5.77. The minimum Gasteiger partial charge on any atom is -0.328 e. The Morgan fingerprint density at radius 3 is 2.25 bits per heavy atom. The van der Waals surface area contributed by atoms with E-state index in [1.54, 1.807) is 0 Å². The van der Waals surface area contributed by atoms with Gasteiger partial charge in [0.15, 0.2) is 0 Å². The van der Waals surface area contributed by atoms with Crippen LogP contribution in [0.25, 0.3) is 0 Å². The quantitative estimate of drug-likeness (QED) is 0.678. The van der Waals surface area contributed by atoms with Crippen molar-refractivity contribution >= 4 is 10.8 Å². The first-order valence-corrected chi connectivity index (χ1v) is 5.79. The number of hydrogen-bond acceptors (Lipinski definition) is 2. The van der Waals surface area contributed by atoms with Gasteiger partial charge in [0.2, 0.25) is 0 Å². The van der Waals surface area contributed by atoms with E-state index < -0.39 is 10.8 Å². The van der Waals surface area contributed by atoms with Gasteiger partial charge in [-0.2, -0.15) is 0 Å². The summed E-state index contributed by atoms with van der Waals surface area (Å²) in [5.74, 6) is 0. The predicted octanol–water partition coefficient (Wildman–Crippen LogP) is 1.41. The first-order chi connectivity index (χ1) is 5.41. The van der Waals surface area contributed by atoms with Crippen molar-refractivity contribution in [2.75, 3.05) is 0 Å². The number of rotatable bonds is 1. The Hall–Kier alpha value is 0.110. The third kappa shape index (κ3) is 2.30. The molecule has 0 aliphatic heterocycles. The zero-order valence-corrected chi connectivity index (χ0v) is 8.99. The molecule has 0 heterocycles. The molecule has 0 aromatic heterocycles. The smallest absolute Gasteiger partial charge is 0.0377 e. The maximum atomic E-state index is 11.9. The van der Waals surface area contributed by atoms with Gasteiger partial charge in [0.1, 0.15) is 0 Å². The summed E-state index contributed by atoms with van der Waals surface area (Å²) < 4.78 is 11.8. The van der Waals surface area contributed by atoms with Crippen LogP contribution < -0.4 is 5.73 Å². The molecule has 0 aromatic rings. The third-order valence-corrected chi connectivity index (χ3v) is 4.57. The largest absolute Gasteiger partial charge is 0.328 e. The monoisotopic (exact) mass is 189 g/mol. The van der Waals surface area contributed by atoms with Gasteiger partial charge in [-0.05, 0) is 40.0 Å². The second-order valence-corrected chi connectivity index (χ2v) is 7.09. The van der Waals surface area contributed by atoms with Crippen molar-refractivity contribution in [1.82, 2.24) is 0 Å². The van der Waals surface area contributed by atoms with Gasteiger partial charge < -0.3 is 5.73 Å². The molecule has 0 bridgehead atoms. The van der Waals surface area contributed by atoms with Crippen LogP contribution in [-0.2, 0) is 10.8 Å². The number of hydrogen-bond donors (Lipinski definition) is 1. The molecule has 0 spiro atoms. The van der Waals surface area contributed by atoms with Crippen LogP contribution in [0.1, 0.15) is 40.0 Å². The summed E-state index contributed by atoms with van der Waals surface area (Å²) in [6.07, 6.45) is 3.04. The van der Waals surface area contributed by atoms with Gasteiger partial charge in [-0.1, -0.05) is 0 Å². The fraction of sp³-hybridized carbons (Fsp3) is 1.00. The highest BCUT2D eigenvalue weighted by molar-refractivity contribution is 7.87. The lowest BCUT2D eigenvalue weighted by atomic mass is 10.3. The summed E-state index contributed by atoms with van der Waals surface area (Å²) >= 11 is 0. The molecule has 0 radical (unpaired) electrons. The molecular formula is C9H19NOS. The van der Waals surface area contributed by atoms with Crippen molar-refractivity contribution < 1.29 is 4.21 Å². The van der Waals surface area contributed by atoms with E-state index in [2.05, 4.69) is 0 Å². The Balaban J connectivity index is 2.55. The average Bonchev–Trinajstić information content (AvgIpc) is 2.32. The maximum absolute atomic E-state index is 11.9. The molecular weight excluding hydrogens is 170 g/mol. The normalized spacial score (nSPS) is 33.7. The van der Waals surface area contributed by atoms with E-state index in [1.165, 1.54) is 0 Å². The predicted molar refractivity (Wildman–Crippen MR) is 53.5 cm³/mol. The first-order valence-electron chi connectivity index (χ1n) is 4.57. The number of nitrogens with two attached hydrogens (primary N) is 1. The Labute approximate surface area is 77.4 Å². The molecule has 0 saturated heterocycles. The average molecular weight is 189 g/mol. The Bertz CT molecular complexity index is 185. The molecule has 12 heavy (non-hydrogen) atoms. The van der Waals surface area contributed by atoms with Crippen LogP contribution in [0.4, 0.5) is 0 Å². The van der Waals surface area contributed by atoms with E-state index in [0.717, 1.165) is 19.3 Å². The van der Waals surface area contributed by atoms with Crippen molar-refractivity contribution in [3.05, 3.63) is 0 Å². The van der Waals surface area contributed by atoms with Crippen LogP contribution in [0.15, 0.2) is 0 Å². The van der Waals surface area contributed by atoms with Crippen LogP contribution in [0.3, 0.4) is 0 Å². The lowest BCUT2D eigenvalue weighted by Gasteiger charge is -2.22. The molecule has 3 heteroatoms. The van der Waals surface area contributed by atoms with Crippen LogP contribution in [0.2, 0.25) is 0 Å². The molecule has 3 atom stereocenters. The van der Waals surface area contributed by atoms with Crippen molar-refractivity contribution in [3.63, 3.8) is 0 Å². The van der Waals surface area contributed by atoms with Gasteiger partial charge in [0.25, 0.3) is 0 Å². The maximum Gasteiger partial charge on any atom is 0.0377 e. The van der Waals surface area contributed by atoms with Crippen molar-refractivity contribution in [2.45, 2.75) is 56.1 Å². The highest BCUT2D eigenvalue weighted by Crippen LogP contribution is 2.28. The third-order valence-electron chi connectivity index (χ3n) is 2.33. The van der Waals surface area contributed by atoms with Gasteiger partial charge in [0, 0.05) is 26.8 Å². The Morgan fingerprint density at radius 1 is 1.33 bits per heavy atom. The molecule has 2 nitrogen and oxygen atoms in total. The topological polar surface area (TPSA) is 43.1 Å². The van der Waals surface area contributed by atoms with E-state index in [1.807, 2.05) is 20.8 Å². The van der Waals surface area contributed by atoms with Crippen LogP contribution >= 0.6 is 0 Å². The zero-order chi connectivity index (χ0) is 9.35. The molecule has 2 N–H and O–H groups in total. The fourth-order valence-corrected chi connectivity index (χ4v) is 3.44. The van der Waals surface area contributed by atoms with Crippen LogP contribution in [-0.4, -0.2) is 20.2 Å². The SMILES string of the molecule is CC(C)(C)S(=O)C1CCC(N)C1. The second kappa shape index (κ2) is 3.46. The molecule has 1 aliphatic carbocycles. The standard InChI is InChI=1S/C9H19NOS/c1-9(2,3)12(11)8-5-4-7(10)6-8/h7-8H,4-6,10H2,1-3H3. The summed E-state index contributed by atoms with van der Waals surface area (Å²) in [6, 6.07) is 0.293. The fourth-order valence-electron chi connectivity index (χ4n) is 1.67. The Kier molecular flexibility index (Phi) is 2.94. The first kappa shape index (κ1) is 10.2. The molecule has 72 valence electrons. The van der Waals surface area contributed by atoms with E-state index >= 15 is 0 Å². The van der Waals surface area contributed by atoms with E-state index in [0.29, 0.717) is 11.3 Å². The molecule has 1 saturated carbocycles. The molecule has 0 aromatic carbocycles. The van der Waals surface area contributed by atoms with Crippen LogP contribution in [0, 0.1) is 0 Å². The summed E-state index contributed by atoms with van der Waals surface area (Å²) in [5, 5.41) is 0.347. The van der Waals surface area contributed by atoms with Gasteiger partial charge >= 0.3 is 0 Å². The molecule has 0 amide bonds.